The fraction of sp³-hybridized carbons (Fsp3) is 0.526. The van der Waals surface area contributed by atoms with Gasteiger partial charge in [0.1, 0.15) is 5.82 Å². The minimum atomic E-state index is -0.184. The molecule has 0 amide bonds. The minimum Gasteiger partial charge on any atom is -0.384 e. The van der Waals surface area contributed by atoms with E-state index in [0.29, 0.717) is 12.5 Å². The van der Waals surface area contributed by atoms with Crippen LogP contribution in [0.2, 0.25) is 0 Å². The summed E-state index contributed by atoms with van der Waals surface area (Å²) in [5, 5.41) is 0. The molecule has 1 atom stereocenters. The van der Waals surface area contributed by atoms with E-state index in [1.807, 2.05) is 18.5 Å². The van der Waals surface area contributed by atoms with Crippen LogP contribution < -0.4 is 0 Å². The quantitative estimate of drug-likeness (QED) is 0.815. The SMILES string of the molecule is COCC1CN(Cc2ccc(F)cc2)Cc2ncn(CC3CC3)c21. The predicted molar refractivity (Wildman–Crippen MR) is 90.1 cm³/mol. The number of nitrogens with zero attached hydrogens (tertiary/aromatic N) is 3. The minimum absolute atomic E-state index is 0.184. The van der Waals surface area contributed by atoms with Crippen LogP contribution in [0.25, 0.3) is 0 Å². The van der Waals surface area contributed by atoms with E-state index in [1.54, 1.807) is 7.11 Å². The molecule has 128 valence electrons. The van der Waals surface area contributed by atoms with Crippen LogP contribution in [-0.4, -0.2) is 34.7 Å². The molecule has 24 heavy (non-hydrogen) atoms. The average molecular weight is 329 g/mol. The Balaban J connectivity index is 1.53. The molecule has 1 aromatic carbocycles. The van der Waals surface area contributed by atoms with Gasteiger partial charge in [0.25, 0.3) is 0 Å². The molecule has 4 nitrogen and oxygen atoms in total. The van der Waals surface area contributed by atoms with E-state index in [2.05, 4.69) is 14.5 Å². The third-order valence-electron chi connectivity index (χ3n) is 5.04. The molecule has 5 heteroatoms. The number of benzene rings is 1. The third kappa shape index (κ3) is 3.37. The summed E-state index contributed by atoms with van der Waals surface area (Å²) in [6.07, 6.45) is 4.70. The van der Waals surface area contributed by atoms with Crippen molar-refractivity contribution >= 4 is 0 Å². The molecular weight excluding hydrogens is 305 g/mol. The van der Waals surface area contributed by atoms with Crippen molar-refractivity contribution in [3.63, 3.8) is 0 Å². The Morgan fingerprint density at radius 1 is 1.25 bits per heavy atom. The molecule has 2 aliphatic rings. The topological polar surface area (TPSA) is 30.3 Å². The van der Waals surface area contributed by atoms with Crippen molar-refractivity contribution in [3.05, 3.63) is 53.4 Å². The zero-order valence-electron chi connectivity index (χ0n) is 14.1. The molecule has 2 aromatic rings. The smallest absolute Gasteiger partial charge is 0.123 e. The summed E-state index contributed by atoms with van der Waals surface area (Å²) in [5.74, 6) is 1.000. The molecule has 1 fully saturated rings. The van der Waals surface area contributed by atoms with Gasteiger partial charge >= 0.3 is 0 Å². The van der Waals surface area contributed by atoms with Gasteiger partial charge in [0, 0.05) is 44.9 Å². The summed E-state index contributed by atoms with van der Waals surface area (Å²) < 4.78 is 20.9. The van der Waals surface area contributed by atoms with Crippen LogP contribution >= 0.6 is 0 Å². The van der Waals surface area contributed by atoms with Crippen molar-refractivity contribution < 1.29 is 9.13 Å². The van der Waals surface area contributed by atoms with E-state index in [-0.39, 0.29) is 5.82 Å². The Morgan fingerprint density at radius 3 is 2.75 bits per heavy atom. The van der Waals surface area contributed by atoms with Gasteiger partial charge in [-0.15, -0.1) is 0 Å². The molecule has 1 aliphatic carbocycles. The first-order valence-electron chi connectivity index (χ1n) is 8.72. The highest BCUT2D eigenvalue weighted by atomic mass is 19.1. The average Bonchev–Trinajstić information content (AvgIpc) is 3.29. The molecule has 0 radical (unpaired) electrons. The van der Waals surface area contributed by atoms with Gasteiger partial charge in [0.2, 0.25) is 0 Å². The normalized spacial score (nSPS) is 21.0. The number of methoxy groups -OCH3 is 1. The second-order valence-electron chi connectivity index (χ2n) is 7.12. The maximum absolute atomic E-state index is 13.1. The van der Waals surface area contributed by atoms with Crippen molar-refractivity contribution in [2.24, 2.45) is 5.92 Å². The Morgan fingerprint density at radius 2 is 2.04 bits per heavy atom. The monoisotopic (exact) mass is 329 g/mol. The molecule has 1 unspecified atom stereocenters. The zero-order chi connectivity index (χ0) is 16.5. The summed E-state index contributed by atoms with van der Waals surface area (Å²) >= 11 is 0. The van der Waals surface area contributed by atoms with Crippen LogP contribution in [0.4, 0.5) is 4.39 Å². The maximum atomic E-state index is 13.1. The first-order chi connectivity index (χ1) is 11.7. The highest BCUT2D eigenvalue weighted by molar-refractivity contribution is 5.23. The van der Waals surface area contributed by atoms with E-state index >= 15 is 0 Å². The van der Waals surface area contributed by atoms with Gasteiger partial charge in [-0.3, -0.25) is 4.90 Å². The first-order valence-corrected chi connectivity index (χ1v) is 8.72. The summed E-state index contributed by atoms with van der Waals surface area (Å²) in [4.78, 5) is 7.06. The number of aromatic nitrogens is 2. The lowest BCUT2D eigenvalue weighted by molar-refractivity contribution is 0.131. The van der Waals surface area contributed by atoms with Crippen LogP contribution in [-0.2, 0) is 24.4 Å². The number of halogens is 1. The van der Waals surface area contributed by atoms with Crippen LogP contribution in [0.1, 0.15) is 35.7 Å². The second kappa shape index (κ2) is 6.65. The molecule has 0 N–H and O–H groups in total. The standard InChI is InChI=1S/C19H24FN3O/c1-24-12-16-10-22(8-14-4-6-17(20)7-5-14)11-18-19(16)23(13-21-18)9-15-2-3-15/h4-7,13,15-16H,2-3,8-12H2,1H3. The number of fused-ring (bicyclic) bond motifs is 1. The Kier molecular flexibility index (Phi) is 4.37. The summed E-state index contributed by atoms with van der Waals surface area (Å²) in [5.41, 5.74) is 3.67. The highest BCUT2D eigenvalue weighted by Crippen LogP contribution is 2.34. The Bertz CT molecular complexity index is 693. The predicted octanol–water partition coefficient (Wildman–Crippen LogP) is 3.18. The molecule has 0 bridgehead atoms. The molecule has 4 rings (SSSR count). The lowest BCUT2D eigenvalue weighted by Crippen LogP contribution is -2.36. The number of rotatable bonds is 6. The van der Waals surface area contributed by atoms with Crippen molar-refractivity contribution in [3.8, 4) is 0 Å². The van der Waals surface area contributed by atoms with Crippen molar-refractivity contribution in [2.45, 2.75) is 38.4 Å². The van der Waals surface area contributed by atoms with Gasteiger partial charge in [-0.05, 0) is 36.5 Å². The fourth-order valence-electron chi connectivity index (χ4n) is 3.73. The zero-order valence-corrected chi connectivity index (χ0v) is 14.1. The van der Waals surface area contributed by atoms with E-state index in [1.165, 1.54) is 36.4 Å². The van der Waals surface area contributed by atoms with Crippen molar-refractivity contribution in [1.82, 2.24) is 14.5 Å². The molecule has 0 saturated heterocycles. The van der Waals surface area contributed by atoms with Gasteiger partial charge in [0.15, 0.2) is 0 Å². The Labute approximate surface area is 142 Å². The second-order valence-corrected chi connectivity index (χ2v) is 7.12. The summed E-state index contributed by atoms with van der Waals surface area (Å²) in [7, 11) is 1.76. The van der Waals surface area contributed by atoms with Gasteiger partial charge in [-0.1, -0.05) is 12.1 Å². The van der Waals surface area contributed by atoms with E-state index in [9.17, 15) is 4.39 Å². The third-order valence-corrected chi connectivity index (χ3v) is 5.04. The van der Waals surface area contributed by atoms with Crippen LogP contribution in [0.5, 0.6) is 0 Å². The van der Waals surface area contributed by atoms with Gasteiger partial charge in [-0.25, -0.2) is 9.37 Å². The Hall–Kier alpha value is -1.72. The number of hydrogen-bond donors (Lipinski definition) is 0. The molecular formula is C19H24FN3O. The van der Waals surface area contributed by atoms with Crippen molar-refractivity contribution in [2.75, 3.05) is 20.3 Å². The highest BCUT2D eigenvalue weighted by Gasteiger charge is 2.31. The van der Waals surface area contributed by atoms with Gasteiger partial charge in [-0.2, -0.15) is 0 Å². The molecule has 1 aromatic heterocycles. The lowest BCUT2D eigenvalue weighted by atomic mass is 9.98. The molecule has 0 spiro atoms. The van der Waals surface area contributed by atoms with E-state index in [0.717, 1.165) is 37.7 Å². The van der Waals surface area contributed by atoms with E-state index < -0.39 is 0 Å². The molecule has 2 heterocycles. The maximum Gasteiger partial charge on any atom is 0.123 e. The number of ether oxygens (including phenoxy) is 1. The molecule has 1 aliphatic heterocycles. The fourth-order valence-corrected chi connectivity index (χ4v) is 3.73. The van der Waals surface area contributed by atoms with Gasteiger partial charge in [0.05, 0.1) is 18.6 Å². The van der Waals surface area contributed by atoms with E-state index in [4.69, 9.17) is 4.74 Å². The molecule has 1 saturated carbocycles. The number of imidazole rings is 1. The van der Waals surface area contributed by atoms with Crippen LogP contribution in [0.3, 0.4) is 0 Å². The van der Waals surface area contributed by atoms with Crippen LogP contribution in [0.15, 0.2) is 30.6 Å². The number of hydrogen-bond acceptors (Lipinski definition) is 3. The largest absolute Gasteiger partial charge is 0.384 e. The van der Waals surface area contributed by atoms with Gasteiger partial charge < -0.3 is 9.30 Å². The first kappa shape index (κ1) is 15.8. The van der Waals surface area contributed by atoms with Crippen molar-refractivity contribution in [1.29, 1.82) is 0 Å². The summed E-state index contributed by atoms with van der Waals surface area (Å²) in [6, 6.07) is 6.78. The lowest BCUT2D eigenvalue weighted by Gasteiger charge is -2.33. The van der Waals surface area contributed by atoms with Crippen LogP contribution in [0, 0.1) is 11.7 Å². The summed E-state index contributed by atoms with van der Waals surface area (Å²) in [6.45, 7) is 4.43.